The average Bonchev–Trinajstić information content (AvgIpc) is 3.40. The number of fused-ring (bicyclic) bond motifs is 1. The fourth-order valence-electron chi connectivity index (χ4n) is 3.60. The average molecular weight is 456 g/mol. The highest BCUT2D eigenvalue weighted by atomic mass is 35.5. The quantitative estimate of drug-likeness (QED) is 0.446. The first-order valence-corrected chi connectivity index (χ1v) is 11.6. The van der Waals surface area contributed by atoms with Gasteiger partial charge < -0.3 is 9.80 Å². The van der Waals surface area contributed by atoms with Crippen LogP contribution in [0, 0.1) is 6.92 Å². The van der Waals surface area contributed by atoms with Crippen LogP contribution in [0.1, 0.15) is 15.4 Å². The van der Waals surface area contributed by atoms with E-state index >= 15 is 0 Å². The van der Waals surface area contributed by atoms with Crippen molar-refractivity contribution in [2.24, 2.45) is 0 Å². The van der Waals surface area contributed by atoms with Crippen molar-refractivity contribution in [3.05, 3.63) is 57.6 Å². The summed E-state index contributed by atoms with van der Waals surface area (Å²) in [5.74, 6) is 1.00. The number of piperazine rings is 1. The number of hydrogen-bond donors (Lipinski definition) is 0. The fraction of sp³-hybridized carbons (Fsp3) is 0.238. The van der Waals surface area contributed by atoms with Crippen LogP contribution in [0.15, 0.2) is 42.0 Å². The molecule has 9 heteroatoms. The summed E-state index contributed by atoms with van der Waals surface area (Å²) in [5.41, 5.74) is 1.74. The first-order valence-electron chi connectivity index (χ1n) is 9.56. The number of aryl methyl sites for hydroxylation is 1. The lowest BCUT2D eigenvalue weighted by molar-refractivity contribution is 0.0750. The van der Waals surface area contributed by atoms with Crippen LogP contribution in [0.2, 0.25) is 5.02 Å². The number of aromatic nitrogens is 3. The number of carbonyl (C=O) groups is 1. The minimum Gasteiger partial charge on any atom is -0.352 e. The molecular formula is C21H18ClN5OS2. The topological polar surface area (TPSA) is 62.2 Å². The van der Waals surface area contributed by atoms with E-state index in [0.717, 1.165) is 45.4 Å². The lowest BCUT2D eigenvalue weighted by Gasteiger charge is -2.35. The molecule has 0 radical (unpaired) electrons. The van der Waals surface area contributed by atoms with Gasteiger partial charge in [-0.25, -0.2) is 15.0 Å². The van der Waals surface area contributed by atoms with Crippen molar-refractivity contribution in [3.63, 3.8) is 0 Å². The van der Waals surface area contributed by atoms with Crippen LogP contribution in [0.3, 0.4) is 0 Å². The third kappa shape index (κ3) is 3.55. The van der Waals surface area contributed by atoms with Gasteiger partial charge in [0.25, 0.3) is 5.91 Å². The zero-order valence-corrected chi connectivity index (χ0v) is 18.6. The van der Waals surface area contributed by atoms with E-state index in [4.69, 9.17) is 11.6 Å². The number of hydrogen-bond acceptors (Lipinski definition) is 7. The smallest absolute Gasteiger partial charge is 0.265 e. The molecule has 0 saturated carbocycles. The fourth-order valence-corrected chi connectivity index (χ4v) is 5.50. The van der Waals surface area contributed by atoms with E-state index in [2.05, 4.69) is 25.9 Å². The molecule has 0 aliphatic carbocycles. The lowest BCUT2D eigenvalue weighted by atomic mass is 10.2. The Morgan fingerprint density at radius 3 is 2.60 bits per heavy atom. The summed E-state index contributed by atoms with van der Waals surface area (Å²) in [4.78, 5) is 32.4. The van der Waals surface area contributed by atoms with Crippen molar-refractivity contribution in [3.8, 4) is 10.6 Å². The van der Waals surface area contributed by atoms with Crippen LogP contribution in [0.25, 0.3) is 20.8 Å². The molecule has 1 fully saturated rings. The molecule has 4 heterocycles. The summed E-state index contributed by atoms with van der Waals surface area (Å²) in [6.45, 7) is 4.70. The first-order chi connectivity index (χ1) is 14.6. The van der Waals surface area contributed by atoms with Crippen molar-refractivity contribution < 1.29 is 4.79 Å². The molecule has 6 nitrogen and oxygen atoms in total. The number of carbonyl (C=O) groups excluding carboxylic acids is 1. The Kier molecular flexibility index (Phi) is 5.14. The summed E-state index contributed by atoms with van der Waals surface area (Å²) in [6.07, 6.45) is 1.62. The summed E-state index contributed by atoms with van der Waals surface area (Å²) in [5, 5.41) is 4.64. The summed E-state index contributed by atoms with van der Waals surface area (Å²) in [7, 11) is 0. The molecule has 0 unspecified atom stereocenters. The molecular weight excluding hydrogens is 438 g/mol. The second-order valence-electron chi connectivity index (χ2n) is 7.06. The van der Waals surface area contributed by atoms with Gasteiger partial charge in [-0.2, -0.15) is 0 Å². The molecule has 1 aliphatic rings. The number of benzene rings is 1. The Bertz CT molecular complexity index is 1210. The molecule has 1 saturated heterocycles. The third-order valence-corrected chi connectivity index (χ3v) is 7.46. The molecule has 0 bridgehead atoms. The maximum atomic E-state index is 13.2. The van der Waals surface area contributed by atoms with Gasteiger partial charge >= 0.3 is 0 Å². The minimum absolute atomic E-state index is 0.0493. The van der Waals surface area contributed by atoms with Gasteiger partial charge in [-0.15, -0.1) is 22.7 Å². The van der Waals surface area contributed by atoms with Crippen molar-refractivity contribution in [1.82, 2.24) is 19.9 Å². The lowest BCUT2D eigenvalue weighted by Crippen LogP contribution is -2.49. The van der Waals surface area contributed by atoms with Crippen LogP contribution >= 0.6 is 34.3 Å². The van der Waals surface area contributed by atoms with Gasteiger partial charge in [-0.3, -0.25) is 4.79 Å². The van der Waals surface area contributed by atoms with E-state index in [0.29, 0.717) is 23.0 Å². The summed E-state index contributed by atoms with van der Waals surface area (Å²) >= 11 is 9.04. The van der Waals surface area contributed by atoms with Crippen LogP contribution in [0.4, 0.5) is 5.82 Å². The van der Waals surface area contributed by atoms with E-state index in [1.54, 1.807) is 17.7 Å². The van der Waals surface area contributed by atoms with Gasteiger partial charge in [0.1, 0.15) is 26.9 Å². The number of thiophene rings is 1. The largest absolute Gasteiger partial charge is 0.352 e. The van der Waals surface area contributed by atoms with E-state index in [9.17, 15) is 4.79 Å². The molecule has 1 aromatic carbocycles. The van der Waals surface area contributed by atoms with Gasteiger partial charge in [0.05, 0.1) is 11.1 Å². The second-order valence-corrected chi connectivity index (χ2v) is 9.39. The van der Waals surface area contributed by atoms with Gasteiger partial charge in [0, 0.05) is 36.8 Å². The van der Waals surface area contributed by atoms with Gasteiger partial charge in [0.15, 0.2) is 0 Å². The highest BCUT2D eigenvalue weighted by Crippen LogP contribution is 2.31. The monoisotopic (exact) mass is 455 g/mol. The molecule has 3 aromatic heterocycles. The zero-order chi connectivity index (χ0) is 20.7. The molecule has 4 aromatic rings. The number of amides is 1. The predicted octanol–water partition coefficient (Wildman–Crippen LogP) is 4.74. The Hall–Kier alpha value is -2.55. The highest BCUT2D eigenvalue weighted by molar-refractivity contribution is 7.17. The van der Waals surface area contributed by atoms with Crippen molar-refractivity contribution in [1.29, 1.82) is 0 Å². The maximum Gasteiger partial charge on any atom is 0.265 e. The minimum atomic E-state index is 0.0493. The summed E-state index contributed by atoms with van der Waals surface area (Å²) in [6, 6.07) is 9.60. The van der Waals surface area contributed by atoms with Crippen LogP contribution < -0.4 is 4.90 Å². The molecule has 152 valence electrons. The standard InChI is InChI=1S/C21H18ClN5OS2/c1-13-17(30-19(25-13)14-2-4-15(22)5-3-14)21(28)27-9-7-26(8-10-27)18-16-6-11-29-20(16)24-12-23-18/h2-6,11-12H,7-10H2,1H3. The second kappa shape index (κ2) is 7.94. The Labute approximate surface area is 186 Å². The molecule has 1 amide bonds. The highest BCUT2D eigenvalue weighted by Gasteiger charge is 2.27. The molecule has 0 atom stereocenters. The Morgan fingerprint density at radius 1 is 1.07 bits per heavy atom. The van der Waals surface area contributed by atoms with E-state index in [1.165, 1.54) is 11.3 Å². The van der Waals surface area contributed by atoms with E-state index in [-0.39, 0.29) is 5.91 Å². The van der Waals surface area contributed by atoms with Gasteiger partial charge in [0.2, 0.25) is 0 Å². The zero-order valence-electron chi connectivity index (χ0n) is 16.2. The van der Waals surface area contributed by atoms with Crippen LogP contribution in [0.5, 0.6) is 0 Å². The molecule has 30 heavy (non-hydrogen) atoms. The van der Waals surface area contributed by atoms with Crippen molar-refractivity contribution in [2.45, 2.75) is 6.92 Å². The maximum absolute atomic E-state index is 13.2. The third-order valence-electron chi connectivity index (χ3n) is 5.19. The SMILES string of the molecule is Cc1nc(-c2ccc(Cl)cc2)sc1C(=O)N1CCN(c2ncnc3sccc23)CC1. The number of rotatable bonds is 3. The normalized spacial score (nSPS) is 14.5. The summed E-state index contributed by atoms with van der Waals surface area (Å²) < 4.78 is 0. The van der Waals surface area contributed by atoms with Crippen molar-refractivity contribution in [2.75, 3.05) is 31.1 Å². The molecule has 5 rings (SSSR count). The van der Waals surface area contributed by atoms with E-state index in [1.807, 2.05) is 41.5 Å². The van der Waals surface area contributed by atoms with Crippen molar-refractivity contribution >= 4 is 56.2 Å². The molecule has 1 aliphatic heterocycles. The van der Waals surface area contributed by atoms with Crippen LogP contribution in [-0.2, 0) is 0 Å². The van der Waals surface area contributed by atoms with Gasteiger partial charge in [-0.05, 0) is 30.5 Å². The molecule has 0 spiro atoms. The Balaban J connectivity index is 1.31. The van der Waals surface area contributed by atoms with Gasteiger partial charge in [-0.1, -0.05) is 23.7 Å². The Morgan fingerprint density at radius 2 is 1.83 bits per heavy atom. The molecule has 0 N–H and O–H groups in total. The number of thiazole rings is 1. The first kappa shape index (κ1) is 19.4. The number of anilines is 1. The van der Waals surface area contributed by atoms with Crippen LogP contribution in [-0.4, -0.2) is 51.9 Å². The number of nitrogens with zero attached hydrogens (tertiary/aromatic N) is 5. The van der Waals surface area contributed by atoms with E-state index < -0.39 is 0 Å². The number of halogens is 1. The predicted molar refractivity (Wildman–Crippen MR) is 123 cm³/mol.